The molecule has 0 saturated carbocycles. The summed E-state index contributed by atoms with van der Waals surface area (Å²) in [7, 11) is 2.21. The summed E-state index contributed by atoms with van der Waals surface area (Å²) in [5.41, 5.74) is 0. The highest BCUT2D eigenvalue weighted by atomic mass is 16.5. The molecule has 0 atom stereocenters. The summed E-state index contributed by atoms with van der Waals surface area (Å²) in [5, 5.41) is 0. The van der Waals surface area contributed by atoms with E-state index < -0.39 is 0 Å². The van der Waals surface area contributed by atoms with Gasteiger partial charge in [0.15, 0.2) is 0 Å². The standard InChI is InChI=1S/C51H99N3O4/c1-6-10-12-14-16-18-20-22-24-26-28-30-32-34-36-40-50(55)57-48-46-54(45-39-43-52(5)42-38-44-53(8-3)9-4)47-49-58-51(56)41-37-35-33-31-29-27-25-23-21-19-17-15-13-11-7-2/h22-25H,6-21,26-49H2,1-5H3/b24-22-,25-23-. The number of rotatable bonds is 46. The van der Waals surface area contributed by atoms with E-state index in [0.717, 1.165) is 71.4 Å². The predicted octanol–water partition coefficient (Wildman–Crippen LogP) is 13.5. The number of ether oxygens (including phenoxy) is 2. The minimum atomic E-state index is -0.0862. The largest absolute Gasteiger partial charge is 0.464 e. The number of hydrogen-bond acceptors (Lipinski definition) is 7. The van der Waals surface area contributed by atoms with Gasteiger partial charge in [-0.25, -0.2) is 0 Å². The second-order valence-electron chi connectivity index (χ2n) is 17.0. The highest BCUT2D eigenvalue weighted by molar-refractivity contribution is 5.69. The quantitative estimate of drug-likeness (QED) is 0.0344. The van der Waals surface area contributed by atoms with E-state index in [2.05, 4.69) is 73.7 Å². The second kappa shape index (κ2) is 46.4. The molecular weight excluding hydrogens is 719 g/mol. The van der Waals surface area contributed by atoms with Crippen LogP contribution in [0.4, 0.5) is 0 Å². The lowest BCUT2D eigenvalue weighted by Crippen LogP contribution is -2.35. The highest BCUT2D eigenvalue weighted by Crippen LogP contribution is 2.12. The molecule has 7 nitrogen and oxygen atoms in total. The zero-order chi connectivity index (χ0) is 42.4. The molecule has 0 bridgehead atoms. The van der Waals surface area contributed by atoms with Gasteiger partial charge in [0.1, 0.15) is 13.2 Å². The van der Waals surface area contributed by atoms with Crippen LogP contribution in [0.1, 0.15) is 220 Å². The Morgan fingerprint density at radius 1 is 0.379 bits per heavy atom. The summed E-state index contributed by atoms with van der Waals surface area (Å²) >= 11 is 0. The maximum absolute atomic E-state index is 12.5. The number of nitrogens with zero attached hydrogens (tertiary/aromatic N) is 3. The van der Waals surface area contributed by atoms with Crippen molar-refractivity contribution in [2.45, 2.75) is 220 Å². The van der Waals surface area contributed by atoms with Crippen LogP contribution in [0.5, 0.6) is 0 Å². The topological polar surface area (TPSA) is 62.3 Å². The van der Waals surface area contributed by atoms with Gasteiger partial charge in [-0.05, 0) is 123 Å². The fourth-order valence-corrected chi connectivity index (χ4v) is 7.52. The zero-order valence-electron chi connectivity index (χ0n) is 39.6. The van der Waals surface area contributed by atoms with Gasteiger partial charge in [0.2, 0.25) is 0 Å². The Hall–Kier alpha value is -1.70. The van der Waals surface area contributed by atoms with Crippen molar-refractivity contribution in [3.8, 4) is 0 Å². The first-order valence-corrected chi connectivity index (χ1v) is 25.2. The lowest BCUT2D eigenvalue weighted by molar-refractivity contribution is -0.144. The van der Waals surface area contributed by atoms with Gasteiger partial charge in [-0.2, -0.15) is 0 Å². The van der Waals surface area contributed by atoms with Crippen molar-refractivity contribution < 1.29 is 19.1 Å². The SMILES string of the molecule is CCCCCCCC/C=C\CCCCCCCC(=O)OCCN(CCCN(C)CCCN(CC)CC)CCOC(=O)CCCCCCC/C=C\CCCCCCCC. The Labute approximate surface area is 361 Å². The molecule has 0 aliphatic carbocycles. The number of esters is 2. The van der Waals surface area contributed by atoms with Crippen LogP contribution in [0.15, 0.2) is 24.3 Å². The molecule has 0 rings (SSSR count). The molecule has 58 heavy (non-hydrogen) atoms. The summed E-state index contributed by atoms with van der Waals surface area (Å²) in [5.74, 6) is -0.172. The molecule has 0 fully saturated rings. The van der Waals surface area contributed by atoms with Crippen LogP contribution >= 0.6 is 0 Å². The van der Waals surface area contributed by atoms with Gasteiger partial charge in [0, 0.05) is 25.9 Å². The van der Waals surface area contributed by atoms with Crippen LogP contribution in [0, 0.1) is 0 Å². The van der Waals surface area contributed by atoms with Crippen molar-refractivity contribution in [1.82, 2.24) is 14.7 Å². The molecule has 0 spiro atoms. The third-order valence-electron chi connectivity index (χ3n) is 11.5. The number of allylic oxidation sites excluding steroid dienone is 4. The van der Waals surface area contributed by atoms with Crippen molar-refractivity contribution in [1.29, 1.82) is 0 Å². The smallest absolute Gasteiger partial charge is 0.305 e. The fraction of sp³-hybridized carbons (Fsp3) is 0.882. The molecule has 7 heteroatoms. The zero-order valence-corrected chi connectivity index (χ0v) is 39.6. The average Bonchev–Trinajstić information content (AvgIpc) is 3.22. The second-order valence-corrected chi connectivity index (χ2v) is 17.0. The lowest BCUT2D eigenvalue weighted by Gasteiger charge is -2.24. The van der Waals surface area contributed by atoms with Crippen molar-refractivity contribution in [3.05, 3.63) is 24.3 Å². The van der Waals surface area contributed by atoms with E-state index in [9.17, 15) is 9.59 Å². The van der Waals surface area contributed by atoms with Crippen molar-refractivity contribution in [2.24, 2.45) is 0 Å². The highest BCUT2D eigenvalue weighted by Gasteiger charge is 2.11. The van der Waals surface area contributed by atoms with Crippen molar-refractivity contribution in [2.75, 3.05) is 72.6 Å². The van der Waals surface area contributed by atoms with Gasteiger partial charge in [-0.1, -0.05) is 155 Å². The van der Waals surface area contributed by atoms with Gasteiger partial charge in [-0.15, -0.1) is 0 Å². The summed E-state index contributed by atoms with van der Waals surface area (Å²) in [6.07, 6.45) is 45.2. The first-order chi connectivity index (χ1) is 28.5. The summed E-state index contributed by atoms with van der Waals surface area (Å²) in [6, 6.07) is 0. The fourth-order valence-electron chi connectivity index (χ4n) is 7.52. The van der Waals surface area contributed by atoms with Gasteiger partial charge in [-0.3, -0.25) is 14.5 Å². The number of unbranched alkanes of at least 4 members (excludes halogenated alkanes) is 22. The molecule has 0 aliphatic heterocycles. The third kappa shape index (κ3) is 42.4. The van der Waals surface area contributed by atoms with Gasteiger partial charge >= 0.3 is 11.9 Å². The van der Waals surface area contributed by atoms with Gasteiger partial charge < -0.3 is 19.3 Å². The van der Waals surface area contributed by atoms with Crippen molar-refractivity contribution >= 4 is 11.9 Å². The van der Waals surface area contributed by atoms with E-state index in [-0.39, 0.29) is 11.9 Å². The maximum atomic E-state index is 12.5. The van der Waals surface area contributed by atoms with Gasteiger partial charge in [0.25, 0.3) is 0 Å². The van der Waals surface area contributed by atoms with Crippen LogP contribution in [0.3, 0.4) is 0 Å². The van der Waals surface area contributed by atoms with Crippen LogP contribution in [0.25, 0.3) is 0 Å². The van der Waals surface area contributed by atoms with Crippen LogP contribution < -0.4 is 0 Å². The molecule has 0 aromatic rings. The first kappa shape index (κ1) is 56.3. The molecule has 0 amide bonds. The van der Waals surface area contributed by atoms with E-state index in [1.807, 2.05) is 0 Å². The Morgan fingerprint density at radius 3 is 1.07 bits per heavy atom. The third-order valence-corrected chi connectivity index (χ3v) is 11.5. The summed E-state index contributed by atoms with van der Waals surface area (Å²) in [4.78, 5) is 32.2. The van der Waals surface area contributed by atoms with Crippen LogP contribution in [0.2, 0.25) is 0 Å². The Morgan fingerprint density at radius 2 is 0.707 bits per heavy atom. The molecule has 0 aromatic carbocycles. The van der Waals surface area contributed by atoms with Crippen LogP contribution in [-0.2, 0) is 19.1 Å². The number of carbonyl (C=O) groups excluding carboxylic acids is 2. The molecule has 0 heterocycles. The molecule has 0 saturated heterocycles. The average molecular weight is 818 g/mol. The predicted molar refractivity (Wildman–Crippen MR) is 252 cm³/mol. The Bertz CT molecular complexity index is 863. The Balaban J connectivity index is 4.26. The van der Waals surface area contributed by atoms with Crippen molar-refractivity contribution in [3.63, 3.8) is 0 Å². The molecule has 0 aliphatic rings. The summed E-state index contributed by atoms with van der Waals surface area (Å²) in [6.45, 7) is 17.5. The van der Waals surface area contributed by atoms with E-state index in [4.69, 9.17) is 9.47 Å². The van der Waals surface area contributed by atoms with Crippen LogP contribution in [-0.4, -0.2) is 99.3 Å². The summed E-state index contributed by atoms with van der Waals surface area (Å²) < 4.78 is 11.3. The monoisotopic (exact) mass is 818 g/mol. The maximum Gasteiger partial charge on any atom is 0.305 e. The molecule has 342 valence electrons. The first-order valence-electron chi connectivity index (χ1n) is 25.2. The lowest BCUT2D eigenvalue weighted by atomic mass is 10.1. The van der Waals surface area contributed by atoms with E-state index in [0.29, 0.717) is 39.1 Å². The van der Waals surface area contributed by atoms with E-state index in [1.165, 1.54) is 148 Å². The normalized spacial score (nSPS) is 12.0. The van der Waals surface area contributed by atoms with E-state index >= 15 is 0 Å². The molecular formula is C51H99N3O4. The number of hydrogen-bond donors (Lipinski definition) is 0. The minimum Gasteiger partial charge on any atom is -0.464 e. The molecule has 0 N–H and O–H groups in total. The number of carbonyl (C=O) groups is 2. The molecule has 0 radical (unpaired) electrons. The molecule has 0 aromatic heterocycles. The van der Waals surface area contributed by atoms with E-state index in [1.54, 1.807) is 0 Å². The Kier molecular flexibility index (Phi) is 45.0. The molecule has 0 unspecified atom stereocenters. The minimum absolute atomic E-state index is 0.0862. The van der Waals surface area contributed by atoms with Gasteiger partial charge in [0.05, 0.1) is 0 Å².